The normalized spacial score (nSPS) is 14.8. The molecule has 2 heterocycles. The molecule has 0 radical (unpaired) electrons. The van der Waals surface area contributed by atoms with Crippen molar-refractivity contribution in [3.8, 4) is 0 Å². The second-order valence-corrected chi connectivity index (χ2v) is 7.44. The third-order valence-corrected chi connectivity index (χ3v) is 5.22. The SMILES string of the molecule is Cc1[nH]c(=O)[nH]c(=O)c1CCC(=O)NCc1ccc(CN2CCCCC2)cc1. The molecule has 0 spiro atoms. The van der Waals surface area contributed by atoms with Crippen LogP contribution in [0.5, 0.6) is 0 Å². The Labute approximate surface area is 164 Å². The maximum Gasteiger partial charge on any atom is 0.325 e. The summed E-state index contributed by atoms with van der Waals surface area (Å²) in [5.41, 5.74) is 2.33. The number of likely N-dealkylation sites (tertiary alicyclic amines) is 1. The Morgan fingerprint density at radius 3 is 2.39 bits per heavy atom. The summed E-state index contributed by atoms with van der Waals surface area (Å²) in [7, 11) is 0. The highest BCUT2D eigenvalue weighted by Crippen LogP contribution is 2.13. The smallest absolute Gasteiger partial charge is 0.325 e. The van der Waals surface area contributed by atoms with Gasteiger partial charge in [0.05, 0.1) is 0 Å². The molecular formula is C21H28N4O3. The topological polar surface area (TPSA) is 98.1 Å². The van der Waals surface area contributed by atoms with Crippen LogP contribution in [0.3, 0.4) is 0 Å². The summed E-state index contributed by atoms with van der Waals surface area (Å²) in [5.74, 6) is -0.123. The van der Waals surface area contributed by atoms with Crippen molar-refractivity contribution in [1.82, 2.24) is 20.2 Å². The second-order valence-electron chi connectivity index (χ2n) is 7.44. The minimum absolute atomic E-state index is 0.123. The number of amides is 1. The average Bonchev–Trinajstić information content (AvgIpc) is 2.67. The van der Waals surface area contributed by atoms with Crippen LogP contribution in [0.1, 0.15) is 48.1 Å². The van der Waals surface area contributed by atoms with Gasteiger partial charge in [0.15, 0.2) is 0 Å². The second kappa shape index (κ2) is 9.50. The van der Waals surface area contributed by atoms with Gasteiger partial charge in [0, 0.05) is 30.8 Å². The van der Waals surface area contributed by atoms with E-state index in [9.17, 15) is 14.4 Å². The number of nitrogens with one attached hydrogen (secondary N) is 3. The van der Waals surface area contributed by atoms with Gasteiger partial charge in [-0.2, -0.15) is 0 Å². The summed E-state index contributed by atoms with van der Waals surface area (Å²) in [6.45, 7) is 5.46. The Morgan fingerprint density at radius 2 is 1.71 bits per heavy atom. The molecule has 7 nitrogen and oxygen atoms in total. The van der Waals surface area contributed by atoms with Crippen molar-refractivity contribution in [1.29, 1.82) is 0 Å². The van der Waals surface area contributed by atoms with Crippen molar-refractivity contribution < 1.29 is 4.79 Å². The van der Waals surface area contributed by atoms with Crippen LogP contribution in [0.2, 0.25) is 0 Å². The molecule has 1 fully saturated rings. The maximum atomic E-state index is 12.1. The van der Waals surface area contributed by atoms with Gasteiger partial charge in [-0.3, -0.25) is 19.5 Å². The van der Waals surface area contributed by atoms with Crippen molar-refractivity contribution in [3.05, 3.63) is 67.5 Å². The average molecular weight is 384 g/mol. The van der Waals surface area contributed by atoms with E-state index in [1.54, 1.807) is 6.92 Å². The Hall–Kier alpha value is -2.67. The first-order chi connectivity index (χ1) is 13.5. The fraction of sp³-hybridized carbons (Fsp3) is 0.476. The number of piperidine rings is 1. The lowest BCUT2D eigenvalue weighted by atomic mass is 10.1. The number of nitrogens with zero attached hydrogens (tertiary/aromatic N) is 1. The van der Waals surface area contributed by atoms with Gasteiger partial charge in [-0.15, -0.1) is 0 Å². The molecule has 2 aromatic rings. The van der Waals surface area contributed by atoms with Crippen LogP contribution < -0.4 is 16.6 Å². The fourth-order valence-electron chi connectivity index (χ4n) is 3.59. The third kappa shape index (κ3) is 5.66. The first-order valence-corrected chi connectivity index (χ1v) is 9.90. The number of hydrogen-bond donors (Lipinski definition) is 3. The molecule has 1 aliphatic rings. The van der Waals surface area contributed by atoms with Gasteiger partial charge in [0.1, 0.15) is 0 Å². The molecule has 1 amide bonds. The van der Waals surface area contributed by atoms with Crippen LogP contribution >= 0.6 is 0 Å². The molecule has 1 aromatic heterocycles. The van der Waals surface area contributed by atoms with Crippen molar-refractivity contribution >= 4 is 5.91 Å². The first-order valence-electron chi connectivity index (χ1n) is 9.90. The molecule has 28 heavy (non-hydrogen) atoms. The minimum atomic E-state index is -0.528. The maximum absolute atomic E-state index is 12.1. The molecule has 3 N–H and O–H groups in total. The molecule has 7 heteroatoms. The molecule has 1 saturated heterocycles. The molecule has 1 aliphatic heterocycles. The summed E-state index contributed by atoms with van der Waals surface area (Å²) in [6.07, 6.45) is 4.40. The number of H-pyrrole nitrogens is 2. The quantitative estimate of drug-likeness (QED) is 0.675. The van der Waals surface area contributed by atoms with Crippen molar-refractivity contribution in [2.24, 2.45) is 0 Å². The van der Waals surface area contributed by atoms with E-state index in [-0.39, 0.29) is 12.3 Å². The van der Waals surface area contributed by atoms with Crippen LogP contribution in [0.15, 0.2) is 33.9 Å². The zero-order chi connectivity index (χ0) is 19.9. The highest BCUT2D eigenvalue weighted by atomic mass is 16.2. The van der Waals surface area contributed by atoms with Crippen LogP contribution in [0, 0.1) is 6.92 Å². The number of hydrogen-bond acceptors (Lipinski definition) is 4. The molecule has 3 rings (SSSR count). The summed E-state index contributed by atoms with van der Waals surface area (Å²) < 4.78 is 0. The lowest BCUT2D eigenvalue weighted by Gasteiger charge is -2.26. The number of benzene rings is 1. The lowest BCUT2D eigenvalue weighted by molar-refractivity contribution is -0.121. The zero-order valence-corrected chi connectivity index (χ0v) is 16.3. The highest BCUT2D eigenvalue weighted by molar-refractivity contribution is 5.76. The van der Waals surface area contributed by atoms with E-state index in [0.29, 0.717) is 24.2 Å². The molecule has 0 unspecified atom stereocenters. The predicted octanol–water partition coefficient (Wildman–Crippen LogP) is 1.61. The Morgan fingerprint density at radius 1 is 1.04 bits per heavy atom. The molecule has 0 bridgehead atoms. The van der Waals surface area contributed by atoms with Crippen LogP contribution in [-0.4, -0.2) is 33.9 Å². The van der Waals surface area contributed by atoms with Crippen LogP contribution in [-0.2, 0) is 24.3 Å². The largest absolute Gasteiger partial charge is 0.352 e. The molecule has 150 valence electrons. The first kappa shape index (κ1) is 20.1. The van der Waals surface area contributed by atoms with Gasteiger partial charge >= 0.3 is 5.69 Å². The third-order valence-electron chi connectivity index (χ3n) is 5.22. The van der Waals surface area contributed by atoms with Gasteiger partial charge in [-0.05, 0) is 50.4 Å². The number of aromatic amines is 2. The summed E-state index contributed by atoms with van der Waals surface area (Å²) in [6, 6.07) is 8.35. The van der Waals surface area contributed by atoms with Crippen molar-refractivity contribution in [2.45, 2.75) is 52.1 Å². The number of carbonyl (C=O) groups excluding carboxylic acids is 1. The Bertz CT molecular complexity index is 908. The fourth-order valence-corrected chi connectivity index (χ4v) is 3.59. The number of aryl methyl sites for hydroxylation is 1. The van der Waals surface area contributed by atoms with Gasteiger partial charge in [0.2, 0.25) is 5.91 Å². The minimum Gasteiger partial charge on any atom is -0.352 e. The number of rotatable bonds is 7. The van der Waals surface area contributed by atoms with Crippen LogP contribution in [0.25, 0.3) is 0 Å². The predicted molar refractivity (Wildman–Crippen MR) is 108 cm³/mol. The van der Waals surface area contributed by atoms with Crippen molar-refractivity contribution in [2.75, 3.05) is 13.1 Å². The van der Waals surface area contributed by atoms with E-state index >= 15 is 0 Å². The van der Waals surface area contributed by atoms with E-state index in [0.717, 1.165) is 12.1 Å². The summed E-state index contributed by atoms with van der Waals surface area (Å²) in [4.78, 5) is 42.4. The summed E-state index contributed by atoms with van der Waals surface area (Å²) in [5, 5.41) is 2.89. The van der Waals surface area contributed by atoms with Crippen molar-refractivity contribution in [3.63, 3.8) is 0 Å². The highest BCUT2D eigenvalue weighted by Gasteiger charge is 2.11. The van der Waals surface area contributed by atoms with E-state index < -0.39 is 11.2 Å². The van der Waals surface area contributed by atoms with Gasteiger partial charge < -0.3 is 10.3 Å². The standard InChI is InChI=1S/C21H28N4O3/c1-15-18(20(27)24-21(28)23-15)9-10-19(26)22-13-16-5-7-17(8-6-16)14-25-11-3-2-4-12-25/h5-8H,2-4,9-14H2,1H3,(H,22,26)(H2,23,24,27,28). The molecule has 0 aliphatic carbocycles. The molecule has 0 saturated carbocycles. The monoisotopic (exact) mass is 384 g/mol. The summed E-state index contributed by atoms with van der Waals surface area (Å²) >= 11 is 0. The zero-order valence-electron chi connectivity index (χ0n) is 16.3. The van der Waals surface area contributed by atoms with E-state index in [1.165, 1.54) is 37.9 Å². The van der Waals surface area contributed by atoms with Gasteiger partial charge in [-0.25, -0.2) is 4.79 Å². The number of carbonyl (C=O) groups is 1. The van der Waals surface area contributed by atoms with Gasteiger partial charge in [0.25, 0.3) is 5.56 Å². The molecular weight excluding hydrogens is 356 g/mol. The van der Waals surface area contributed by atoms with E-state index in [2.05, 4.69) is 44.5 Å². The number of aromatic nitrogens is 2. The van der Waals surface area contributed by atoms with E-state index in [4.69, 9.17) is 0 Å². The Kier molecular flexibility index (Phi) is 6.81. The molecule has 1 aromatic carbocycles. The van der Waals surface area contributed by atoms with E-state index in [1.807, 2.05) is 0 Å². The van der Waals surface area contributed by atoms with Crippen LogP contribution in [0.4, 0.5) is 0 Å². The Balaban J connectivity index is 1.45. The lowest BCUT2D eigenvalue weighted by Crippen LogP contribution is -2.29. The van der Waals surface area contributed by atoms with Gasteiger partial charge in [-0.1, -0.05) is 30.7 Å². The molecule has 0 atom stereocenters.